The van der Waals surface area contributed by atoms with Crippen molar-refractivity contribution in [1.82, 2.24) is 15.5 Å². The fourth-order valence-corrected chi connectivity index (χ4v) is 2.95. The molecule has 1 aromatic carbocycles. The van der Waals surface area contributed by atoms with Crippen LogP contribution in [0.2, 0.25) is 0 Å². The van der Waals surface area contributed by atoms with Gasteiger partial charge in [0.25, 0.3) is 0 Å². The molecule has 1 aliphatic carbocycles. The average molecular weight is 329 g/mol. The lowest BCUT2D eigenvalue weighted by atomic mass is 9.92. The largest absolute Gasteiger partial charge is 0.421 e. The molecule has 1 aromatic heterocycles. The summed E-state index contributed by atoms with van der Waals surface area (Å²) in [6.07, 6.45) is 3.91. The summed E-state index contributed by atoms with van der Waals surface area (Å²) in [5.74, 6) is 0.828. The molecule has 0 bridgehead atoms. The zero-order chi connectivity index (χ0) is 16.9. The second-order valence-corrected chi connectivity index (χ2v) is 6.39. The minimum Gasteiger partial charge on any atom is -0.421 e. The standard InChI is InChI=1S/C18H23N3O3/c1-12-6-8-13(9-7-12)18-21-20-17(24-18)11-10-16(23)19-14-4-2-3-5-15(14)22/h6-9,14-15,22H,2-5,10-11H2,1H3,(H,19,23). The molecule has 2 unspecified atom stereocenters. The molecule has 1 amide bonds. The molecule has 0 saturated heterocycles. The Morgan fingerprint density at radius 1 is 1.25 bits per heavy atom. The maximum atomic E-state index is 12.0. The van der Waals surface area contributed by atoms with E-state index in [9.17, 15) is 9.90 Å². The first-order chi connectivity index (χ1) is 11.6. The van der Waals surface area contributed by atoms with E-state index in [0.717, 1.165) is 31.2 Å². The van der Waals surface area contributed by atoms with E-state index in [4.69, 9.17) is 4.42 Å². The molecule has 6 heteroatoms. The Morgan fingerprint density at radius 3 is 2.75 bits per heavy atom. The zero-order valence-electron chi connectivity index (χ0n) is 13.9. The van der Waals surface area contributed by atoms with Gasteiger partial charge in [0.1, 0.15) is 0 Å². The van der Waals surface area contributed by atoms with E-state index >= 15 is 0 Å². The van der Waals surface area contributed by atoms with Gasteiger partial charge in [-0.25, -0.2) is 0 Å². The highest BCUT2D eigenvalue weighted by molar-refractivity contribution is 5.76. The van der Waals surface area contributed by atoms with Gasteiger partial charge >= 0.3 is 0 Å². The van der Waals surface area contributed by atoms with Crippen LogP contribution in [-0.4, -0.2) is 33.4 Å². The Labute approximate surface area is 141 Å². The summed E-state index contributed by atoms with van der Waals surface area (Å²) in [5, 5.41) is 20.8. The van der Waals surface area contributed by atoms with Crippen molar-refractivity contribution < 1.29 is 14.3 Å². The second kappa shape index (κ2) is 7.57. The maximum absolute atomic E-state index is 12.0. The summed E-state index contributed by atoms with van der Waals surface area (Å²) in [6.45, 7) is 2.02. The highest BCUT2D eigenvalue weighted by atomic mass is 16.4. The topological polar surface area (TPSA) is 88.2 Å². The molecule has 2 N–H and O–H groups in total. The van der Waals surface area contributed by atoms with Gasteiger partial charge in [-0.2, -0.15) is 0 Å². The van der Waals surface area contributed by atoms with Crippen LogP contribution in [0.15, 0.2) is 28.7 Å². The first-order valence-electron chi connectivity index (χ1n) is 8.48. The van der Waals surface area contributed by atoms with Gasteiger partial charge in [0.05, 0.1) is 12.1 Å². The van der Waals surface area contributed by atoms with Crippen LogP contribution in [-0.2, 0) is 11.2 Å². The van der Waals surface area contributed by atoms with Crippen LogP contribution in [0.3, 0.4) is 0 Å². The highest BCUT2D eigenvalue weighted by Gasteiger charge is 2.24. The van der Waals surface area contributed by atoms with E-state index < -0.39 is 6.10 Å². The molecule has 1 heterocycles. The molecule has 128 valence electrons. The van der Waals surface area contributed by atoms with Gasteiger partial charge < -0.3 is 14.8 Å². The summed E-state index contributed by atoms with van der Waals surface area (Å²) in [5.41, 5.74) is 2.04. The molecule has 2 aromatic rings. The van der Waals surface area contributed by atoms with Crippen molar-refractivity contribution in [3.63, 3.8) is 0 Å². The molecule has 1 fully saturated rings. The van der Waals surface area contributed by atoms with Gasteiger partial charge in [-0.15, -0.1) is 10.2 Å². The van der Waals surface area contributed by atoms with E-state index in [0.29, 0.717) is 18.2 Å². The number of carbonyl (C=O) groups is 1. The van der Waals surface area contributed by atoms with Crippen LogP contribution >= 0.6 is 0 Å². The summed E-state index contributed by atoms with van der Waals surface area (Å²) < 4.78 is 5.62. The van der Waals surface area contributed by atoms with Crippen molar-refractivity contribution in [3.05, 3.63) is 35.7 Å². The van der Waals surface area contributed by atoms with Crippen LogP contribution in [0, 0.1) is 6.92 Å². The fourth-order valence-electron chi connectivity index (χ4n) is 2.95. The van der Waals surface area contributed by atoms with Crippen molar-refractivity contribution in [1.29, 1.82) is 0 Å². The zero-order valence-corrected chi connectivity index (χ0v) is 13.9. The third-order valence-electron chi connectivity index (χ3n) is 4.41. The Bertz CT molecular complexity index is 681. The van der Waals surface area contributed by atoms with Gasteiger partial charge in [-0.05, 0) is 31.9 Å². The van der Waals surface area contributed by atoms with Gasteiger partial charge in [0, 0.05) is 18.4 Å². The number of aromatic nitrogens is 2. The number of aryl methyl sites for hydroxylation is 2. The number of nitrogens with one attached hydrogen (secondary N) is 1. The number of nitrogens with zero attached hydrogens (tertiary/aromatic N) is 2. The van der Waals surface area contributed by atoms with Crippen LogP contribution in [0.25, 0.3) is 11.5 Å². The van der Waals surface area contributed by atoms with Crippen LogP contribution in [0.5, 0.6) is 0 Å². The molecular formula is C18H23N3O3. The molecule has 1 saturated carbocycles. The Hall–Kier alpha value is -2.21. The smallest absolute Gasteiger partial charge is 0.247 e. The third-order valence-corrected chi connectivity index (χ3v) is 4.41. The minimum absolute atomic E-state index is 0.0870. The van der Waals surface area contributed by atoms with Crippen molar-refractivity contribution in [3.8, 4) is 11.5 Å². The third kappa shape index (κ3) is 4.20. The normalized spacial score (nSPS) is 20.8. The second-order valence-electron chi connectivity index (χ2n) is 6.39. The Kier molecular flexibility index (Phi) is 5.25. The predicted molar refractivity (Wildman–Crippen MR) is 89.2 cm³/mol. The van der Waals surface area contributed by atoms with E-state index in [1.165, 1.54) is 5.56 Å². The van der Waals surface area contributed by atoms with E-state index in [1.54, 1.807) is 0 Å². The van der Waals surface area contributed by atoms with E-state index in [-0.39, 0.29) is 18.4 Å². The van der Waals surface area contributed by atoms with E-state index in [1.807, 2.05) is 31.2 Å². The molecule has 24 heavy (non-hydrogen) atoms. The lowest BCUT2D eigenvalue weighted by molar-refractivity contribution is -0.123. The number of aliphatic hydroxyl groups excluding tert-OH is 1. The van der Waals surface area contributed by atoms with Gasteiger partial charge in [-0.3, -0.25) is 4.79 Å². The van der Waals surface area contributed by atoms with Crippen LogP contribution in [0.1, 0.15) is 43.6 Å². The number of amides is 1. The fraction of sp³-hybridized carbons (Fsp3) is 0.500. The summed E-state index contributed by atoms with van der Waals surface area (Å²) >= 11 is 0. The van der Waals surface area contributed by atoms with Crippen molar-refractivity contribution in [2.45, 2.75) is 57.6 Å². The molecule has 0 aliphatic heterocycles. The summed E-state index contributed by atoms with van der Waals surface area (Å²) in [4.78, 5) is 12.0. The minimum atomic E-state index is -0.431. The van der Waals surface area contributed by atoms with Crippen LogP contribution in [0.4, 0.5) is 0 Å². The van der Waals surface area contributed by atoms with Gasteiger partial charge in [0.2, 0.25) is 17.7 Å². The van der Waals surface area contributed by atoms with Crippen molar-refractivity contribution in [2.75, 3.05) is 0 Å². The first kappa shape index (κ1) is 16.6. The van der Waals surface area contributed by atoms with Gasteiger partial charge in [-0.1, -0.05) is 30.5 Å². The molecule has 2 atom stereocenters. The number of aliphatic hydroxyl groups is 1. The SMILES string of the molecule is Cc1ccc(-c2nnc(CCC(=O)NC3CCCCC3O)o2)cc1. The van der Waals surface area contributed by atoms with Crippen molar-refractivity contribution >= 4 is 5.91 Å². The quantitative estimate of drug-likeness (QED) is 0.879. The number of hydrogen-bond donors (Lipinski definition) is 2. The number of rotatable bonds is 5. The monoisotopic (exact) mass is 329 g/mol. The number of hydrogen-bond acceptors (Lipinski definition) is 5. The van der Waals surface area contributed by atoms with Crippen LogP contribution < -0.4 is 5.32 Å². The van der Waals surface area contributed by atoms with Gasteiger partial charge in [0.15, 0.2) is 0 Å². The van der Waals surface area contributed by atoms with Crippen molar-refractivity contribution in [2.24, 2.45) is 0 Å². The summed E-state index contributed by atoms with van der Waals surface area (Å²) in [6, 6.07) is 7.72. The Morgan fingerprint density at radius 2 is 2.00 bits per heavy atom. The molecular weight excluding hydrogens is 306 g/mol. The number of benzene rings is 1. The number of carbonyl (C=O) groups excluding carboxylic acids is 1. The predicted octanol–water partition coefficient (Wildman–Crippen LogP) is 2.40. The molecule has 1 aliphatic rings. The summed E-state index contributed by atoms with van der Waals surface area (Å²) in [7, 11) is 0. The molecule has 0 spiro atoms. The lowest BCUT2D eigenvalue weighted by Gasteiger charge is -2.28. The Balaban J connectivity index is 1.51. The lowest BCUT2D eigenvalue weighted by Crippen LogP contribution is -2.45. The molecule has 6 nitrogen and oxygen atoms in total. The average Bonchev–Trinajstić information content (AvgIpc) is 3.05. The molecule has 0 radical (unpaired) electrons. The highest BCUT2D eigenvalue weighted by Crippen LogP contribution is 2.20. The maximum Gasteiger partial charge on any atom is 0.247 e. The van der Waals surface area contributed by atoms with E-state index in [2.05, 4.69) is 15.5 Å². The first-order valence-corrected chi connectivity index (χ1v) is 8.48. The molecule has 3 rings (SSSR count).